The van der Waals surface area contributed by atoms with Gasteiger partial charge in [-0.2, -0.15) is 0 Å². The Kier molecular flexibility index (Phi) is 6.08. The average Bonchev–Trinajstić information content (AvgIpc) is 2.97. The van der Waals surface area contributed by atoms with Crippen molar-refractivity contribution in [2.45, 2.75) is 0 Å². The molecule has 7 nitrogen and oxygen atoms in total. The van der Waals surface area contributed by atoms with E-state index in [-0.39, 0.29) is 4.91 Å². The molecule has 0 bridgehead atoms. The number of anilines is 1. The number of nitrogens with zero attached hydrogens (tertiary/aromatic N) is 1. The Hall–Kier alpha value is -3.46. The van der Waals surface area contributed by atoms with Crippen molar-refractivity contribution in [3.63, 3.8) is 0 Å². The molecular formula is C20H15FN2O5S. The second kappa shape index (κ2) is 8.70. The van der Waals surface area contributed by atoms with Gasteiger partial charge >= 0.3 is 5.97 Å². The lowest BCUT2D eigenvalue weighted by atomic mass is 10.1. The number of hydrogen-bond acceptors (Lipinski definition) is 6. The van der Waals surface area contributed by atoms with Gasteiger partial charge in [-0.25, -0.2) is 9.18 Å². The topological polar surface area (TPSA) is 92.8 Å². The zero-order valence-electron chi connectivity index (χ0n) is 15.2. The predicted molar refractivity (Wildman–Crippen MR) is 105 cm³/mol. The third-order valence-corrected chi connectivity index (χ3v) is 4.84. The van der Waals surface area contributed by atoms with Crippen molar-refractivity contribution in [1.82, 2.24) is 4.90 Å². The normalized spacial score (nSPS) is 15.0. The zero-order valence-corrected chi connectivity index (χ0v) is 16.0. The van der Waals surface area contributed by atoms with E-state index >= 15 is 0 Å². The van der Waals surface area contributed by atoms with Crippen LogP contribution in [-0.2, 0) is 14.3 Å². The third kappa shape index (κ3) is 4.88. The summed E-state index contributed by atoms with van der Waals surface area (Å²) in [4.78, 5) is 49.2. The van der Waals surface area contributed by atoms with Crippen molar-refractivity contribution in [3.8, 4) is 0 Å². The SMILES string of the molecule is COC(=O)c1ccc(/C=C2/SC(=O)N(CC(=O)Nc3ccc(F)cc3)C2=O)cc1. The smallest absolute Gasteiger partial charge is 0.337 e. The number of amides is 3. The van der Waals surface area contributed by atoms with Crippen LogP contribution in [0.2, 0.25) is 0 Å². The van der Waals surface area contributed by atoms with Gasteiger partial charge in [-0.05, 0) is 59.8 Å². The Morgan fingerprint density at radius 3 is 2.38 bits per heavy atom. The first kappa shape index (κ1) is 20.3. The summed E-state index contributed by atoms with van der Waals surface area (Å²) < 4.78 is 17.5. The third-order valence-electron chi connectivity index (χ3n) is 3.93. The van der Waals surface area contributed by atoms with E-state index in [0.29, 0.717) is 16.8 Å². The first-order valence-electron chi connectivity index (χ1n) is 8.36. The summed E-state index contributed by atoms with van der Waals surface area (Å²) in [7, 11) is 1.28. The number of benzene rings is 2. The number of methoxy groups -OCH3 is 1. The van der Waals surface area contributed by atoms with Crippen LogP contribution in [0.15, 0.2) is 53.4 Å². The number of esters is 1. The van der Waals surface area contributed by atoms with Gasteiger partial charge in [0.05, 0.1) is 17.6 Å². The van der Waals surface area contributed by atoms with Gasteiger partial charge in [-0.15, -0.1) is 0 Å². The number of carbonyl (C=O) groups is 4. The maximum atomic E-state index is 12.9. The molecule has 2 aromatic carbocycles. The molecule has 0 atom stereocenters. The highest BCUT2D eigenvalue weighted by Crippen LogP contribution is 2.32. The summed E-state index contributed by atoms with van der Waals surface area (Å²) >= 11 is 0.719. The summed E-state index contributed by atoms with van der Waals surface area (Å²) in [6, 6.07) is 11.4. The Morgan fingerprint density at radius 2 is 1.76 bits per heavy atom. The molecular weight excluding hydrogens is 399 g/mol. The standard InChI is InChI=1S/C20H15FN2O5S/c1-28-19(26)13-4-2-12(3-5-13)10-16-18(25)23(20(27)29-16)11-17(24)22-15-8-6-14(21)7-9-15/h2-10H,11H2,1H3,(H,22,24)/b16-10+. The summed E-state index contributed by atoms with van der Waals surface area (Å²) in [6.45, 7) is -0.458. The molecule has 1 saturated heterocycles. The largest absolute Gasteiger partial charge is 0.465 e. The van der Waals surface area contributed by atoms with E-state index in [1.807, 2.05) is 0 Å². The molecule has 0 unspecified atom stereocenters. The van der Waals surface area contributed by atoms with Crippen molar-refractivity contribution in [2.75, 3.05) is 19.0 Å². The lowest BCUT2D eigenvalue weighted by molar-refractivity contribution is -0.127. The highest BCUT2D eigenvalue weighted by molar-refractivity contribution is 8.18. The summed E-state index contributed by atoms with van der Waals surface area (Å²) in [5.41, 5.74) is 1.32. The van der Waals surface area contributed by atoms with Crippen molar-refractivity contribution in [1.29, 1.82) is 0 Å². The zero-order chi connectivity index (χ0) is 21.0. The molecule has 1 fully saturated rings. The number of carbonyl (C=O) groups excluding carboxylic acids is 4. The summed E-state index contributed by atoms with van der Waals surface area (Å²) in [6.07, 6.45) is 1.50. The number of nitrogens with one attached hydrogen (secondary N) is 1. The highest BCUT2D eigenvalue weighted by atomic mass is 32.2. The first-order valence-corrected chi connectivity index (χ1v) is 9.18. The predicted octanol–water partition coefficient (Wildman–Crippen LogP) is 3.29. The van der Waals surface area contributed by atoms with E-state index in [0.717, 1.165) is 16.7 Å². The van der Waals surface area contributed by atoms with Gasteiger partial charge in [-0.1, -0.05) is 12.1 Å². The van der Waals surface area contributed by atoms with Crippen LogP contribution in [0.4, 0.5) is 14.9 Å². The Bertz CT molecular complexity index is 1000. The van der Waals surface area contributed by atoms with E-state index < -0.39 is 35.4 Å². The first-order chi connectivity index (χ1) is 13.9. The number of thioether (sulfide) groups is 1. The van der Waals surface area contributed by atoms with Crippen molar-refractivity contribution < 1.29 is 28.3 Å². The quantitative estimate of drug-likeness (QED) is 0.596. The van der Waals surface area contributed by atoms with Crippen molar-refractivity contribution in [3.05, 3.63) is 70.4 Å². The second-order valence-corrected chi connectivity index (χ2v) is 6.93. The van der Waals surface area contributed by atoms with Crippen LogP contribution in [0.5, 0.6) is 0 Å². The van der Waals surface area contributed by atoms with Gasteiger partial charge in [0, 0.05) is 5.69 Å². The van der Waals surface area contributed by atoms with E-state index in [1.54, 1.807) is 12.1 Å². The summed E-state index contributed by atoms with van der Waals surface area (Å²) in [5.74, 6) is -2.10. The lowest BCUT2D eigenvalue weighted by Crippen LogP contribution is -2.36. The van der Waals surface area contributed by atoms with Gasteiger partial charge in [0.25, 0.3) is 11.1 Å². The van der Waals surface area contributed by atoms with Gasteiger partial charge in [0.15, 0.2) is 0 Å². The molecule has 9 heteroatoms. The number of halogens is 1. The summed E-state index contributed by atoms with van der Waals surface area (Å²) in [5, 5.41) is 1.93. The minimum Gasteiger partial charge on any atom is -0.465 e. The molecule has 1 N–H and O–H groups in total. The molecule has 3 rings (SSSR count). The van der Waals surface area contributed by atoms with Crippen LogP contribution in [0.1, 0.15) is 15.9 Å². The van der Waals surface area contributed by atoms with Crippen LogP contribution >= 0.6 is 11.8 Å². The van der Waals surface area contributed by atoms with Crippen LogP contribution in [0.25, 0.3) is 6.08 Å². The van der Waals surface area contributed by atoms with Crippen LogP contribution < -0.4 is 5.32 Å². The molecule has 0 aromatic heterocycles. The number of rotatable bonds is 5. The Labute approximate surface area is 169 Å². The number of ether oxygens (including phenoxy) is 1. The van der Waals surface area contributed by atoms with E-state index in [9.17, 15) is 23.6 Å². The molecule has 3 amide bonds. The maximum Gasteiger partial charge on any atom is 0.337 e. The van der Waals surface area contributed by atoms with Crippen LogP contribution in [0.3, 0.4) is 0 Å². The minimum absolute atomic E-state index is 0.162. The number of imide groups is 1. The molecule has 1 aliphatic rings. The molecule has 148 valence electrons. The minimum atomic E-state index is -0.591. The molecule has 0 saturated carbocycles. The van der Waals surface area contributed by atoms with Gasteiger partial charge < -0.3 is 10.1 Å². The average molecular weight is 414 g/mol. The van der Waals surface area contributed by atoms with Crippen LogP contribution in [-0.4, -0.2) is 41.6 Å². The monoisotopic (exact) mass is 414 g/mol. The Morgan fingerprint density at radius 1 is 1.10 bits per heavy atom. The fourth-order valence-corrected chi connectivity index (χ4v) is 3.34. The van der Waals surface area contributed by atoms with E-state index in [4.69, 9.17) is 0 Å². The lowest BCUT2D eigenvalue weighted by Gasteiger charge is -2.12. The Balaban J connectivity index is 1.67. The van der Waals surface area contributed by atoms with Gasteiger partial charge in [-0.3, -0.25) is 19.3 Å². The van der Waals surface area contributed by atoms with E-state index in [1.165, 1.54) is 49.6 Å². The molecule has 29 heavy (non-hydrogen) atoms. The molecule has 1 aliphatic heterocycles. The number of hydrogen-bond donors (Lipinski definition) is 1. The van der Waals surface area contributed by atoms with Gasteiger partial charge in [0.1, 0.15) is 12.4 Å². The molecule has 0 spiro atoms. The van der Waals surface area contributed by atoms with E-state index in [2.05, 4.69) is 10.1 Å². The second-order valence-electron chi connectivity index (χ2n) is 5.94. The molecule has 0 aliphatic carbocycles. The fourth-order valence-electron chi connectivity index (χ4n) is 2.50. The highest BCUT2D eigenvalue weighted by Gasteiger charge is 2.36. The maximum absolute atomic E-state index is 12.9. The molecule has 0 radical (unpaired) electrons. The van der Waals surface area contributed by atoms with Crippen LogP contribution in [0, 0.1) is 5.82 Å². The molecule has 1 heterocycles. The van der Waals surface area contributed by atoms with Gasteiger partial charge in [0.2, 0.25) is 5.91 Å². The fraction of sp³-hybridized carbons (Fsp3) is 0.100. The van der Waals surface area contributed by atoms with Crippen molar-refractivity contribution >= 4 is 46.5 Å². The molecule has 2 aromatic rings. The van der Waals surface area contributed by atoms with Crippen molar-refractivity contribution in [2.24, 2.45) is 0 Å².